The predicted molar refractivity (Wildman–Crippen MR) is 73.7 cm³/mol. The van der Waals surface area contributed by atoms with Crippen molar-refractivity contribution in [3.63, 3.8) is 0 Å². The third kappa shape index (κ3) is 3.63. The molecule has 19 heavy (non-hydrogen) atoms. The normalized spacial score (nSPS) is 11.1. The summed E-state index contributed by atoms with van der Waals surface area (Å²) < 4.78 is 24.5. The summed E-state index contributed by atoms with van der Waals surface area (Å²) in [6.45, 7) is 0. The summed E-state index contributed by atoms with van der Waals surface area (Å²) in [5.41, 5.74) is 4.39. The number of sulfonamides is 1. The number of nitrogens with two attached hydrogens (primary N) is 1. The van der Waals surface area contributed by atoms with Crippen LogP contribution in [0.25, 0.3) is 11.3 Å². The molecule has 0 fully saturated rings. The van der Waals surface area contributed by atoms with Crippen LogP contribution in [0.1, 0.15) is 0 Å². The van der Waals surface area contributed by atoms with E-state index in [0.29, 0.717) is 17.2 Å². The molecule has 8 heteroatoms. The van der Waals surface area contributed by atoms with Crippen molar-refractivity contribution in [1.82, 2.24) is 10.2 Å². The molecule has 0 unspecified atom stereocenters. The van der Waals surface area contributed by atoms with Gasteiger partial charge in [-0.3, -0.25) is 4.72 Å². The van der Waals surface area contributed by atoms with Crippen LogP contribution >= 0.6 is 0 Å². The summed E-state index contributed by atoms with van der Waals surface area (Å²) >= 11 is 0. The Morgan fingerprint density at radius 1 is 1.05 bits per heavy atom. The first kappa shape index (κ1) is 13.2. The fraction of sp³-hybridized carbons (Fsp3) is 0.0909. The van der Waals surface area contributed by atoms with Crippen molar-refractivity contribution in [2.75, 3.05) is 16.4 Å². The smallest absolute Gasteiger partial charge is 0.229 e. The van der Waals surface area contributed by atoms with Crippen LogP contribution in [0.4, 0.5) is 11.5 Å². The number of nitrogen functional groups attached to an aromatic ring is 1. The lowest BCUT2D eigenvalue weighted by molar-refractivity contribution is 0.607. The van der Waals surface area contributed by atoms with Crippen molar-refractivity contribution in [2.45, 2.75) is 0 Å². The number of hydrogen-bond donors (Lipinski definition) is 3. The predicted octanol–water partition coefficient (Wildman–Crippen LogP) is 0.801. The van der Waals surface area contributed by atoms with Gasteiger partial charge in [-0.05, 0) is 24.3 Å². The molecule has 100 valence electrons. The minimum absolute atomic E-state index is 0.471. The van der Waals surface area contributed by atoms with E-state index in [1.54, 1.807) is 36.4 Å². The van der Waals surface area contributed by atoms with Gasteiger partial charge in [0.15, 0.2) is 5.82 Å². The van der Waals surface area contributed by atoms with Crippen LogP contribution in [0.3, 0.4) is 0 Å². The van der Waals surface area contributed by atoms with Gasteiger partial charge in [0.05, 0.1) is 11.9 Å². The molecule has 1 heterocycles. The highest BCUT2D eigenvalue weighted by atomic mass is 32.2. The van der Waals surface area contributed by atoms with E-state index in [0.717, 1.165) is 11.8 Å². The molecule has 1 aromatic carbocycles. The minimum Gasteiger partial charge on any atom is -0.307 e. The zero-order valence-corrected chi connectivity index (χ0v) is 11.0. The van der Waals surface area contributed by atoms with E-state index in [9.17, 15) is 8.42 Å². The number of nitrogens with one attached hydrogen (secondary N) is 2. The Morgan fingerprint density at radius 3 is 2.21 bits per heavy atom. The lowest BCUT2D eigenvalue weighted by atomic mass is 10.1. The van der Waals surface area contributed by atoms with Gasteiger partial charge in [-0.15, -0.1) is 10.2 Å². The highest BCUT2D eigenvalue weighted by Gasteiger charge is 2.04. The Kier molecular flexibility index (Phi) is 3.63. The Labute approximate surface area is 110 Å². The molecule has 1 aromatic heterocycles. The fourth-order valence-electron chi connectivity index (χ4n) is 1.49. The van der Waals surface area contributed by atoms with Gasteiger partial charge in [0.25, 0.3) is 0 Å². The van der Waals surface area contributed by atoms with E-state index in [-0.39, 0.29) is 0 Å². The molecule has 0 aliphatic carbocycles. The first-order chi connectivity index (χ1) is 8.98. The average molecular weight is 279 g/mol. The van der Waals surface area contributed by atoms with Crippen LogP contribution in [0.5, 0.6) is 0 Å². The van der Waals surface area contributed by atoms with Gasteiger partial charge in [0.2, 0.25) is 10.0 Å². The second-order valence-electron chi connectivity index (χ2n) is 3.90. The number of nitrogens with zero attached hydrogens (tertiary/aromatic N) is 2. The minimum atomic E-state index is -3.26. The molecule has 2 aromatic rings. The van der Waals surface area contributed by atoms with Crippen molar-refractivity contribution in [3.8, 4) is 11.3 Å². The van der Waals surface area contributed by atoms with Crippen LogP contribution in [0, 0.1) is 0 Å². The molecule has 0 spiro atoms. The number of anilines is 2. The maximum Gasteiger partial charge on any atom is 0.229 e. The summed E-state index contributed by atoms with van der Waals surface area (Å²) in [4.78, 5) is 0. The summed E-state index contributed by atoms with van der Waals surface area (Å²) in [6, 6.07) is 10.3. The van der Waals surface area contributed by atoms with E-state index in [1.807, 2.05) is 0 Å². The number of benzene rings is 1. The maximum atomic E-state index is 11.1. The van der Waals surface area contributed by atoms with Crippen molar-refractivity contribution in [2.24, 2.45) is 5.84 Å². The fourth-order valence-corrected chi connectivity index (χ4v) is 2.05. The second kappa shape index (κ2) is 5.21. The molecule has 0 aliphatic heterocycles. The van der Waals surface area contributed by atoms with Crippen molar-refractivity contribution in [1.29, 1.82) is 0 Å². The van der Waals surface area contributed by atoms with E-state index in [1.165, 1.54) is 0 Å². The Bertz CT molecular complexity index is 652. The molecular weight excluding hydrogens is 266 g/mol. The van der Waals surface area contributed by atoms with Gasteiger partial charge < -0.3 is 5.43 Å². The Morgan fingerprint density at radius 2 is 1.74 bits per heavy atom. The van der Waals surface area contributed by atoms with Crippen molar-refractivity contribution in [3.05, 3.63) is 36.4 Å². The van der Waals surface area contributed by atoms with Crippen LogP contribution in [0.15, 0.2) is 36.4 Å². The Hall–Kier alpha value is -2.19. The van der Waals surface area contributed by atoms with Gasteiger partial charge in [0, 0.05) is 11.3 Å². The zero-order chi connectivity index (χ0) is 13.9. The van der Waals surface area contributed by atoms with Crippen LogP contribution in [0.2, 0.25) is 0 Å². The van der Waals surface area contributed by atoms with Crippen molar-refractivity contribution < 1.29 is 8.42 Å². The molecule has 0 bridgehead atoms. The van der Waals surface area contributed by atoms with Gasteiger partial charge in [-0.2, -0.15) is 0 Å². The largest absolute Gasteiger partial charge is 0.307 e. The second-order valence-corrected chi connectivity index (χ2v) is 5.65. The summed E-state index contributed by atoms with van der Waals surface area (Å²) in [7, 11) is -3.26. The number of rotatable bonds is 4. The van der Waals surface area contributed by atoms with Crippen LogP contribution < -0.4 is 16.0 Å². The molecule has 7 nitrogen and oxygen atoms in total. The molecule has 4 N–H and O–H groups in total. The zero-order valence-electron chi connectivity index (χ0n) is 10.2. The Balaban J connectivity index is 2.22. The van der Waals surface area contributed by atoms with Gasteiger partial charge in [0.1, 0.15) is 0 Å². The number of hydrogen-bond acceptors (Lipinski definition) is 6. The summed E-state index contributed by atoms with van der Waals surface area (Å²) in [5, 5.41) is 7.85. The lowest BCUT2D eigenvalue weighted by Gasteiger charge is -2.05. The maximum absolute atomic E-state index is 11.1. The summed E-state index contributed by atoms with van der Waals surface area (Å²) in [5.74, 6) is 5.67. The first-order valence-electron chi connectivity index (χ1n) is 5.36. The molecule has 0 amide bonds. The topological polar surface area (TPSA) is 110 Å². The molecule has 0 radical (unpaired) electrons. The van der Waals surface area contributed by atoms with E-state index < -0.39 is 10.0 Å². The van der Waals surface area contributed by atoms with Gasteiger partial charge in [-0.1, -0.05) is 12.1 Å². The number of hydrazine groups is 1. The molecule has 2 rings (SSSR count). The highest BCUT2D eigenvalue weighted by Crippen LogP contribution is 2.19. The monoisotopic (exact) mass is 279 g/mol. The molecule has 0 aliphatic rings. The van der Waals surface area contributed by atoms with E-state index in [2.05, 4.69) is 20.3 Å². The first-order valence-corrected chi connectivity index (χ1v) is 7.26. The van der Waals surface area contributed by atoms with E-state index in [4.69, 9.17) is 5.84 Å². The van der Waals surface area contributed by atoms with Gasteiger partial charge in [-0.25, -0.2) is 14.3 Å². The number of aromatic nitrogens is 2. The van der Waals surface area contributed by atoms with Crippen molar-refractivity contribution >= 4 is 21.5 Å². The van der Waals surface area contributed by atoms with E-state index >= 15 is 0 Å². The average Bonchev–Trinajstić information content (AvgIpc) is 2.38. The molecule has 0 atom stereocenters. The SMILES string of the molecule is CS(=O)(=O)Nc1ccc(-c2ccc(NN)nn2)cc1. The van der Waals surface area contributed by atoms with Gasteiger partial charge >= 0.3 is 0 Å². The highest BCUT2D eigenvalue weighted by molar-refractivity contribution is 7.92. The molecular formula is C11H13N5O2S. The third-order valence-corrected chi connectivity index (χ3v) is 2.90. The molecule has 0 saturated heterocycles. The standard InChI is InChI=1S/C11H13N5O2S/c1-19(17,18)16-9-4-2-8(3-5-9)10-6-7-11(13-12)15-14-10/h2-7,16H,12H2,1H3,(H,13,15). The lowest BCUT2D eigenvalue weighted by Crippen LogP contribution is -2.09. The third-order valence-electron chi connectivity index (χ3n) is 2.30. The summed E-state index contributed by atoms with van der Waals surface area (Å²) in [6.07, 6.45) is 1.10. The molecule has 0 saturated carbocycles. The quantitative estimate of drug-likeness (QED) is 0.564. The van der Waals surface area contributed by atoms with Crippen LogP contribution in [-0.4, -0.2) is 24.9 Å². The van der Waals surface area contributed by atoms with Crippen LogP contribution in [-0.2, 0) is 10.0 Å².